The zero-order valence-corrected chi connectivity index (χ0v) is 26.1. The molecule has 0 aliphatic carbocycles. The Labute approximate surface area is 237 Å². The minimum absolute atomic E-state index is 0.0131. The number of hydrogen-bond donors (Lipinski definition) is 2. The van der Waals surface area contributed by atoms with Gasteiger partial charge in [-0.25, -0.2) is 4.79 Å². The van der Waals surface area contributed by atoms with E-state index in [0.29, 0.717) is 6.54 Å². The van der Waals surface area contributed by atoms with Crippen molar-refractivity contribution in [1.82, 2.24) is 15.5 Å². The molecule has 3 unspecified atom stereocenters. The largest absolute Gasteiger partial charge is 0.444 e. The molecule has 2 N–H and O–H groups in total. The molecule has 0 aromatic heterocycles. The van der Waals surface area contributed by atoms with Crippen LogP contribution in [0.4, 0.5) is 4.79 Å². The zero-order chi connectivity index (χ0) is 29.6. The lowest BCUT2D eigenvalue weighted by atomic mass is 9.95. The number of aryl methyl sites for hydroxylation is 1. The van der Waals surface area contributed by atoms with Gasteiger partial charge in [0.25, 0.3) is 0 Å². The van der Waals surface area contributed by atoms with E-state index in [9.17, 15) is 14.4 Å². The van der Waals surface area contributed by atoms with Crippen molar-refractivity contribution >= 4 is 17.9 Å². The molecule has 0 heterocycles. The molecule has 3 amide bonds. The third-order valence-corrected chi connectivity index (χ3v) is 6.79. The summed E-state index contributed by atoms with van der Waals surface area (Å²) in [5.41, 5.74) is 1.06. The molecule has 0 aliphatic heterocycles. The van der Waals surface area contributed by atoms with Crippen LogP contribution in [0.25, 0.3) is 0 Å². The number of unbranched alkanes of at least 4 members (excludes halogenated alkanes) is 5. The molecular formula is C32H55N3O4. The first kappa shape index (κ1) is 34.5. The van der Waals surface area contributed by atoms with Gasteiger partial charge in [0.15, 0.2) is 0 Å². The molecule has 0 bridgehead atoms. The highest BCUT2D eigenvalue weighted by atomic mass is 16.6. The van der Waals surface area contributed by atoms with Crippen molar-refractivity contribution < 1.29 is 19.1 Å². The molecule has 0 saturated heterocycles. The average molecular weight is 546 g/mol. The lowest BCUT2D eigenvalue weighted by Crippen LogP contribution is -2.55. The van der Waals surface area contributed by atoms with Crippen molar-refractivity contribution in [3.63, 3.8) is 0 Å². The van der Waals surface area contributed by atoms with Gasteiger partial charge in [-0.2, -0.15) is 0 Å². The monoisotopic (exact) mass is 545 g/mol. The highest BCUT2D eigenvalue weighted by Crippen LogP contribution is 2.27. The first-order chi connectivity index (χ1) is 18.3. The Morgan fingerprint density at radius 1 is 0.897 bits per heavy atom. The summed E-state index contributed by atoms with van der Waals surface area (Å²) in [6.45, 7) is 17.8. The second-order valence-corrected chi connectivity index (χ2v) is 12.1. The van der Waals surface area contributed by atoms with Crippen LogP contribution in [0.5, 0.6) is 0 Å². The molecule has 7 heteroatoms. The number of carbonyl (C=O) groups excluding carboxylic acids is 3. The lowest BCUT2D eigenvalue weighted by molar-refractivity contribution is -0.143. The summed E-state index contributed by atoms with van der Waals surface area (Å²) in [6.07, 6.45) is 7.55. The van der Waals surface area contributed by atoms with E-state index in [1.165, 1.54) is 12.8 Å². The van der Waals surface area contributed by atoms with Crippen molar-refractivity contribution in [3.8, 4) is 0 Å². The molecule has 0 fully saturated rings. The Hall–Kier alpha value is -2.57. The maximum Gasteiger partial charge on any atom is 0.408 e. The number of hydrogen-bond acceptors (Lipinski definition) is 4. The van der Waals surface area contributed by atoms with Crippen LogP contribution in [-0.4, -0.2) is 47.0 Å². The lowest BCUT2D eigenvalue weighted by Gasteiger charge is -2.36. The topological polar surface area (TPSA) is 87.7 Å². The maximum atomic E-state index is 14.3. The summed E-state index contributed by atoms with van der Waals surface area (Å²) < 4.78 is 5.48. The fraction of sp³-hybridized carbons (Fsp3) is 0.719. The van der Waals surface area contributed by atoms with Gasteiger partial charge in [-0.1, -0.05) is 90.5 Å². The molecule has 3 atom stereocenters. The third kappa shape index (κ3) is 12.4. The molecule has 0 aliphatic rings. The molecule has 222 valence electrons. The van der Waals surface area contributed by atoms with Gasteiger partial charge in [-0.15, -0.1) is 0 Å². The molecule has 0 radical (unpaired) electrons. The summed E-state index contributed by atoms with van der Waals surface area (Å²) >= 11 is 0. The number of amides is 3. The van der Waals surface area contributed by atoms with Crippen LogP contribution < -0.4 is 10.6 Å². The van der Waals surface area contributed by atoms with E-state index in [0.717, 1.165) is 49.7 Å². The Morgan fingerprint density at radius 3 is 2.08 bits per heavy atom. The van der Waals surface area contributed by atoms with Gasteiger partial charge in [-0.3, -0.25) is 9.59 Å². The van der Waals surface area contributed by atoms with Gasteiger partial charge < -0.3 is 20.3 Å². The Morgan fingerprint density at radius 2 is 1.51 bits per heavy atom. The highest BCUT2D eigenvalue weighted by Gasteiger charge is 2.38. The van der Waals surface area contributed by atoms with Crippen LogP contribution in [0, 0.1) is 12.8 Å². The van der Waals surface area contributed by atoms with Crippen LogP contribution in [0.15, 0.2) is 24.3 Å². The van der Waals surface area contributed by atoms with E-state index in [1.807, 2.05) is 52.0 Å². The average Bonchev–Trinajstić information content (AvgIpc) is 2.83. The van der Waals surface area contributed by atoms with Crippen molar-refractivity contribution in [1.29, 1.82) is 0 Å². The number of ether oxygens (including phenoxy) is 1. The molecule has 0 saturated carbocycles. The van der Waals surface area contributed by atoms with Crippen LogP contribution in [0.2, 0.25) is 0 Å². The van der Waals surface area contributed by atoms with Gasteiger partial charge in [0, 0.05) is 12.6 Å². The van der Waals surface area contributed by atoms with Crippen LogP contribution in [0.3, 0.4) is 0 Å². The van der Waals surface area contributed by atoms with E-state index in [-0.39, 0.29) is 23.8 Å². The molecular weight excluding hydrogens is 490 g/mol. The molecule has 39 heavy (non-hydrogen) atoms. The summed E-state index contributed by atoms with van der Waals surface area (Å²) in [5.74, 6) is -0.656. The number of alkyl carbamates (subject to hydrolysis) is 1. The SMILES string of the molecule is CCCCCCCCN(C(=O)C(NC(=O)OC(C)(C)C)C(C)C)C(C(=O)NC(C)CCC)c1ccccc1C. The standard InChI is InChI=1S/C32H55N3O4/c1-10-12-13-14-15-18-22-35(30(37)27(23(3)4)34-31(38)39-32(7,8)9)28(26-21-17-16-20-24(26)5)29(36)33-25(6)19-11-2/h16-17,20-21,23,25,27-28H,10-15,18-19,22H2,1-9H3,(H,33,36)(H,34,38). The van der Waals surface area contributed by atoms with Crippen LogP contribution in [-0.2, 0) is 14.3 Å². The number of nitrogens with one attached hydrogen (secondary N) is 2. The highest BCUT2D eigenvalue weighted by molar-refractivity contribution is 5.92. The van der Waals surface area contributed by atoms with Gasteiger partial charge in [0.2, 0.25) is 11.8 Å². The molecule has 1 aromatic rings. The summed E-state index contributed by atoms with van der Waals surface area (Å²) in [7, 11) is 0. The number of carbonyl (C=O) groups is 3. The third-order valence-electron chi connectivity index (χ3n) is 6.79. The van der Waals surface area contributed by atoms with Crippen LogP contribution >= 0.6 is 0 Å². The molecule has 7 nitrogen and oxygen atoms in total. The molecule has 1 aromatic carbocycles. The van der Waals surface area contributed by atoms with E-state index in [1.54, 1.807) is 25.7 Å². The summed E-state index contributed by atoms with van der Waals surface area (Å²) in [6, 6.07) is 6.11. The van der Waals surface area contributed by atoms with E-state index in [2.05, 4.69) is 24.5 Å². The second kappa shape index (κ2) is 17.2. The number of rotatable bonds is 16. The number of benzene rings is 1. The minimum atomic E-state index is -0.827. The van der Waals surface area contributed by atoms with Crippen LogP contribution in [0.1, 0.15) is 124 Å². The van der Waals surface area contributed by atoms with Crippen molar-refractivity contribution in [2.75, 3.05) is 6.54 Å². The maximum absolute atomic E-state index is 14.3. The van der Waals surface area contributed by atoms with Crippen molar-refractivity contribution in [2.45, 2.75) is 137 Å². The first-order valence-electron chi connectivity index (χ1n) is 15.0. The van der Waals surface area contributed by atoms with E-state index in [4.69, 9.17) is 4.74 Å². The van der Waals surface area contributed by atoms with E-state index >= 15 is 0 Å². The fourth-order valence-electron chi connectivity index (χ4n) is 4.73. The zero-order valence-electron chi connectivity index (χ0n) is 26.1. The molecule has 1 rings (SSSR count). The first-order valence-corrected chi connectivity index (χ1v) is 15.0. The Balaban J connectivity index is 3.44. The minimum Gasteiger partial charge on any atom is -0.444 e. The second-order valence-electron chi connectivity index (χ2n) is 12.1. The predicted octanol–water partition coefficient (Wildman–Crippen LogP) is 7.08. The summed E-state index contributed by atoms with van der Waals surface area (Å²) in [4.78, 5) is 42.6. The molecule has 0 spiro atoms. The predicted molar refractivity (Wildman–Crippen MR) is 160 cm³/mol. The Kier molecular flexibility index (Phi) is 15.2. The smallest absolute Gasteiger partial charge is 0.408 e. The number of nitrogens with zero attached hydrogens (tertiary/aromatic N) is 1. The quantitative estimate of drug-likeness (QED) is 0.217. The van der Waals surface area contributed by atoms with Gasteiger partial charge >= 0.3 is 6.09 Å². The van der Waals surface area contributed by atoms with Gasteiger partial charge in [0.1, 0.15) is 17.7 Å². The van der Waals surface area contributed by atoms with Gasteiger partial charge in [-0.05, 0) is 64.5 Å². The Bertz CT molecular complexity index is 894. The van der Waals surface area contributed by atoms with Crippen molar-refractivity contribution in [2.24, 2.45) is 5.92 Å². The van der Waals surface area contributed by atoms with Gasteiger partial charge in [0.05, 0.1) is 0 Å². The van der Waals surface area contributed by atoms with E-state index < -0.39 is 23.8 Å². The normalized spacial score (nSPS) is 13.9. The van der Waals surface area contributed by atoms with Crippen molar-refractivity contribution in [3.05, 3.63) is 35.4 Å². The summed E-state index contributed by atoms with van der Waals surface area (Å²) in [5, 5.41) is 5.96. The fourth-order valence-corrected chi connectivity index (χ4v) is 4.73.